The van der Waals surface area contributed by atoms with E-state index in [-0.39, 0.29) is 6.10 Å². The van der Waals surface area contributed by atoms with Gasteiger partial charge in [0.25, 0.3) is 0 Å². The molecule has 8 nitrogen and oxygen atoms in total. The summed E-state index contributed by atoms with van der Waals surface area (Å²) in [6, 6.07) is 2.19. The van der Waals surface area contributed by atoms with Crippen molar-refractivity contribution in [1.29, 1.82) is 0 Å². The molecule has 1 aliphatic heterocycles. The van der Waals surface area contributed by atoms with E-state index in [1.54, 1.807) is 12.4 Å². The first-order chi connectivity index (χ1) is 14.6. The van der Waals surface area contributed by atoms with Crippen molar-refractivity contribution in [2.75, 3.05) is 36.1 Å². The zero-order valence-corrected chi connectivity index (χ0v) is 17.7. The van der Waals surface area contributed by atoms with Crippen molar-refractivity contribution in [3.05, 3.63) is 23.5 Å². The number of anilines is 3. The number of halogens is 1. The van der Waals surface area contributed by atoms with Crippen LogP contribution < -0.4 is 16.4 Å². The Morgan fingerprint density at radius 1 is 1.10 bits per heavy atom. The molecule has 30 heavy (non-hydrogen) atoms. The second kappa shape index (κ2) is 9.76. The second-order valence-electron chi connectivity index (χ2n) is 8.12. The number of nitrogen functional groups attached to an aromatic ring is 1. The summed E-state index contributed by atoms with van der Waals surface area (Å²) in [6.45, 7) is 2.39. The maximum absolute atomic E-state index is 9.70. The molecule has 2 aromatic rings. The van der Waals surface area contributed by atoms with Crippen LogP contribution in [0.1, 0.15) is 38.5 Å². The largest absolute Gasteiger partial charge is 0.393 e. The lowest BCUT2D eigenvalue weighted by Gasteiger charge is -2.26. The summed E-state index contributed by atoms with van der Waals surface area (Å²) < 4.78 is 5.42. The van der Waals surface area contributed by atoms with Gasteiger partial charge in [0.1, 0.15) is 5.82 Å². The van der Waals surface area contributed by atoms with E-state index in [0.29, 0.717) is 34.3 Å². The quantitative estimate of drug-likeness (QED) is 0.549. The maximum atomic E-state index is 9.70. The molecule has 0 amide bonds. The molecule has 1 saturated carbocycles. The molecule has 0 spiro atoms. The van der Waals surface area contributed by atoms with Gasteiger partial charge in [-0.2, -0.15) is 0 Å². The van der Waals surface area contributed by atoms with Crippen LogP contribution in [0.4, 0.5) is 17.5 Å². The van der Waals surface area contributed by atoms with Crippen molar-refractivity contribution in [2.45, 2.75) is 50.7 Å². The minimum atomic E-state index is -0.186. The van der Waals surface area contributed by atoms with E-state index in [0.717, 1.165) is 69.7 Å². The first-order valence-electron chi connectivity index (χ1n) is 10.6. The molecule has 0 aromatic carbocycles. The Balaban J connectivity index is 1.48. The fourth-order valence-electron chi connectivity index (χ4n) is 3.99. The van der Waals surface area contributed by atoms with Gasteiger partial charge in [0.05, 0.1) is 23.0 Å². The molecule has 9 heteroatoms. The monoisotopic (exact) mass is 432 g/mol. The molecule has 162 valence electrons. The van der Waals surface area contributed by atoms with E-state index in [1.165, 1.54) is 0 Å². The summed E-state index contributed by atoms with van der Waals surface area (Å²) in [5.74, 6) is 2.22. The van der Waals surface area contributed by atoms with Crippen molar-refractivity contribution < 1.29 is 9.84 Å². The molecule has 4 rings (SSSR count). The third kappa shape index (κ3) is 5.30. The molecule has 2 aromatic heterocycles. The lowest BCUT2D eigenvalue weighted by atomic mass is 9.93. The summed E-state index contributed by atoms with van der Waals surface area (Å²) in [5.41, 5.74) is 7.45. The first-order valence-corrected chi connectivity index (χ1v) is 11.0. The standard InChI is InChI=1S/C21H29ClN6O2/c22-17-11-24-19(27-14-1-3-15(29)4-2-14)9-16(17)18-12-25-20(23)21(28-18)26-10-13-5-7-30-8-6-13/h9,11-15,29H,1-8,10H2,(H2,23,25)(H,24,27)(H,26,28). The highest BCUT2D eigenvalue weighted by molar-refractivity contribution is 6.33. The van der Waals surface area contributed by atoms with Gasteiger partial charge in [0.15, 0.2) is 11.6 Å². The van der Waals surface area contributed by atoms with Crippen molar-refractivity contribution in [3.63, 3.8) is 0 Å². The van der Waals surface area contributed by atoms with E-state index in [4.69, 9.17) is 22.1 Å². The van der Waals surface area contributed by atoms with Gasteiger partial charge in [-0.15, -0.1) is 0 Å². The Hall–Kier alpha value is -2.16. The highest BCUT2D eigenvalue weighted by Crippen LogP contribution is 2.31. The van der Waals surface area contributed by atoms with Crippen molar-refractivity contribution in [2.24, 2.45) is 5.92 Å². The predicted molar refractivity (Wildman–Crippen MR) is 119 cm³/mol. The number of aromatic nitrogens is 3. The second-order valence-corrected chi connectivity index (χ2v) is 8.53. The lowest BCUT2D eigenvalue weighted by Crippen LogP contribution is -2.28. The number of nitrogens with one attached hydrogen (secondary N) is 2. The van der Waals surface area contributed by atoms with E-state index < -0.39 is 0 Å². The Labute approximate surface area is 181 Å². The molecule has 0 bridgehead atoms. The smallest absolute Gasteiger partial charge is 0.169 e. The molecule has 0 unspecified atom stereocenters. The van der Waals surface area contributed by atoms with Gasteiger partial charge in [-0.3, -0.25) is 0 Å². The summed E-state index contributed by atoms with van der Waals surface area (Å²) in [7, 11) is 0. The molecule has 2 fully saturated rings. The predicted octanol–water partition coefficient (Wildman–Crippen LogP) is 3.33. The topological polar surface area (TPSA) is 118 Å². The van der Waals surface area contributed by atoms with Gasteiger partial charge in [0, 0.05) is 37.6 Å². The highest BCUT2D eigenvalue weighted by atomic mass is 35.5. The number of hydrogen-bond acceptors (Lipinski definition) is 8. The number of nitrogens with zero attached hydrogens (tertiary/aromatic N) is 3. The van der Waals surface area contributed by atoms with Gasteiger partial charge in [-0.1, -0.05) is 11.6 Å². The van der Waals surface area contributed by atoms with Crippen LogP contribution in [-0.4, -0.2) is 52.0 Å². The fraction of sp³-hybridized carbons (Fsp3) is 0.571. The van der Waals surface area contributed by atoms with Crippen LogP contribution >= 0.6 is 11.6 Å². The molecule has 5 N–H and O–H groups in total. The molecular formula is C21H29ClN6O2. The van der Waals surface area contributed by atoms with Crippen LogP contribution in [0.3, 0.4) is 0 Å². The first kappa shape index (κ1) is 21.1. The third-order valence-corrected chi connectivity index (χ3v) is 6.18. The van der Waals surface area contributed by atoms with Crippen LogP contribution in [0.15, 0.2) is 18.5 Å². The number of hydrogen-bond donors (Lipinski definition) is 4. The third-order valence-electron chi connectivity index (χ3n) is 5.88. The Morgan fingerprint density at radius 2 is 1.87 bits per heavy atom. The summed E-state index contributed by atoms with van der Waals surface area (Å²) in [6.07, 6.45) is 8.60. The van der Waals surface area contributed by atoms with Crippen molar-refractivity contribution >= 4 is 29.1 Å². The van der Waals surface area contributed by atoms with E-state index in [1.807, 2.05) is 6.07 Å². The fourth-order valence-corrected chi connectivity index (χ4v) is 4.19. The average molecular weight is 433 g/mol. The van der Waals surface area contributed by atoms with Gasteiger partial charge in [0.2, 0.25) is 0 Å². The SMILES string of the molecule is Nc1ncc(-c2cc(NC3CCC(O)CC3)ncc2Cl)nc1NCC1CCOCC1. The van der Waals surface area contributed by atoms with E-state index in [9.17, 15) is 5.11 Å². The Kier molecular flexibility index (Phi) is 6.86. The van der Waals surface area contributed by atoms with Crippen LogP contribution in [0.2, 0.25) is 5.02 Å². The minimum absolute atomic E-state index is 0.186. The van der Waals surface area contributed by atoms with Gasteiger partial charge in [-0.25, -0.2) is 15.0 Å². The number of nitrogens with two attached hydrogens (primary N) is 1. The molecule has 3 heterocycles. The maximum Gasteiger partial charge on any atom is 0.169 e. The minimum Gasteiger partial charge on any atom is -0.393 e. The number of rotatable bonds is 6. The van der Waals surface area contributed by atoms with Gasteiger partial charge in [-0.05, 0) is 50.5 Å². The zero-order chi connectivity index (χ0) is 20.9. The lowest BCUT2D eigenvalue weighted by molar-refractivity contribution is 0.0699. The van der Waals surface area contributed by atoms with Crippen LogP contribution in [-0.2, 0) is 4.74 Å². The number of aliphatic hydroxyl groups is 1. The van der Waals surface area contributed by atoms with Crippen molar-refractivity contribution in [3.8, 4) is 11.3 Å². The number of pyridine rings is 1. The Morgan fingerprint density at radius 3 is 2.63 bits per heavy atom. The molecule has 1 saturated heterocycles. The summed E-state index contributed by atoms with van der Waals surface area (Å²) in [4.78, 5) is 13.4. The molecule has 0 radical (unpaired) electrons. The summed E-state index contributed by atoms with van der Waals surface area (Å²) >= 11 is 6.43. The summed E-state index contributed by atoms with van der Waals surface area (Å²) in [5, 5.41) is 17.0. The van der Waals surface area contributed by atoms with Crippen molar-refractivity contribution in [1.82, 2.24) is 15.0 Å². The van der Waals surface area contributed by atoms with E-state index >= 15 is 0 Å². The normalized spacial score (nSPS) is 22.6. The van der Waals surface area contributed by atoms with Gasteiger partial charge < -0.3 is 26.2 Å². The number of aliphatic hydroxyl groups excluding tert-OH is 1. The average Bonchev–Trinajstić information content (AvgIpc) is 2.77. The number of ether oxygens (including phenoxy) is 1. The molecular weight excluding hydrogens is 404 g/mol. The highest BCUT2D eigenvalue weighted by Gasteiger charge is 2.20. The zero-order valence-electron chi connectivity index (χ0n) is 17.0. The Bertz CT molecular complexity index is 853. The van der Waals surface area contributed by atoms with Crippen LogP contribution in [0.25, 0.3) is 11.3 Å². The van der Waals surface area contributed by atoms with Crippen LogP contribution in [0.5, 0.6) is 0 Å². The van der Waals surface area contributed by atoms with Crippen LogP contribution in [0, 0.1) is 5.92 Å². The molecule has 2 aliphatic rings. The molecule has 0 atom stereocenters. The molecule has 1 aliphatic carbocycles. The van der Waals surface area contributed by atoms with Gasteiger partial charge >= 0.3 is 0 Å². The van der Waals surface area contributed by atoms with E-state index in [2.05, 4.69) is 25.6 Å².